The molecule has 0 radical (unpaired) electrons. The van der Waals surface area contributed by atoms with Crippen LogP contribution in [0.5, 0.6) is 0 Å². The highest BCUT2D eigenvalue weighted by molar-refractivity contribution is 7.92. The first-order valence-corrected chi connectivity index (χ1v) is 8.81. The fourth-order valence-electron chi connectivity index (χ4n) is 1.80. The third kappa shape index (κ3) is 5.94. The molecule has 0 spiro atoms. The normalized spacial score (nSPS) is 12.6. The number of aryl methyl sites for hydroxylation is 1. The first-order chi connectivity index (χ1) is 9.33. The van der Waals surface area contributed by atoms with Crippen LogP contribution in [0.2, 0.25) is 0 Å². The molecule has 6 heteroatoms. The predicted octanol–water partition coefficient (Wildman–Crippen LogP) is 2.58. The molecular weight excluding hydrogens is 274 g/mol. The van der Waals surface area contributed by atoms with Crippen LogP contribution in [0.1, 0.15) is 58.7 Å². The Labute approximate surface area is 122 Å². The summed E-state index contributed by atoms with van der Waals surface area (Å²) in [5.74, 6) is 1.12. The zero-order valence-corrected chi connectivity index (χ0v) is 13.5. The Hall–Kier alpha value is -1.04. The van der Waals surface area contributed by atoms with E-state index in [4.69, 9.17) is 0 Å². The molecule has 0 bridgehead atoms. The van der Waals surface area contributed by atoms with E-state index in [1.807, 2.05) is 0 Å². The van der Waals surface area contributed by atoms with E-state index in [0.717, 1.165) is 44.3 Å². The zero-order valence-electron chi connectivity index (χ0n) is 12.7. The predicted molar refractivity (Wildman–Crippen MR) is 80.2 cm³/mol. The topological polar surface area (TPSA) is 72.8 Å². The maximum atomic E-state index is 11.9. The molecule has 114 valence electrons. The molecule has 0 aliphatic carbocycles. The van der Waals surface area contributed by atoms with Crippen molar-refractivity contribution in [3.8, 4) is 0 Å². The van der Waals surface area contributed by atoms with E-state index in [1.165, 1.54) is 12.7 Å². The highest BCUT2D eigenvalue weighted by Gasteiger charge is 2.27. The Morgan fingerprint density at radius 2 is 1.50 bits per heavy atom. The van der Waals surface area contributed by atoms with E-state index in [-0.39, 0.29) is 0 Å². The molecule has 0 aromatic carbocycles. The second kappa shape index (κ2) is 7.67. The second-order valence-electron chi connectivity index (χ2n) is 6.00. The lowest BCUT2D eigenvalue weighted by Crippen LogP contribution is -2.30. The van der Waals surface area contributed by atoms with Crippen molar-refractivity contribution in [3.05, 3.63) is 18.5 Å². The fraction of sp³-hybridized carbons (Fsp3) is 0.786. The van der Waals surface area contributed by atoms with Gasteiger partial charge in [-0.25, -0.2) is 23.4 Å². The number of unbranched alkanes of at least 4 members (excludes halogenated alkanes) is 4. The minimum Gasteiger partial charge on any atom is -0.228 e. The summed E-state index contributed by atoms with van der Waals surface area (Å²) in [6.07, 6.45) is 8.79. The summed E-state index contributed by atoms with van der Waals surface area (Å²) in [4.78, 5) is 11.9. The summed E-state index contributed by atoms with van der Waals surface area (Å²) in [6.45, 7) is 5.28. The van der Waals surface area contributed by atoms with Crippen molar-refractivity contribution in [3.63, 3.8) is 0 Å². The molecule has 0 aliphatic rings. The van der Waals surface area contributed by atoms with Gasteiger partial charge in [-0.2, -0.15) is 0 Å². The molecule has 0 atom stereocenters. The van der Waals surface area contributed by atoms with Crippen LogP contribution in [-0.4, -0.2) is 33.9 Å². The maximum Gasteiger partial charge on any atom is 0.155 e. The summed E-state index contributed by atoms with van der Waals surface area (Å²) in [7, 11) is -2.96. The van der Waals surface area contributed by atoms with Gasteiger partial charge in [0.05, 0.1) is 10.5 Å². The molecule has 0 N–H and O–H groups in total. The molecular formula is C14H25N3O2S. The van der Waals surface area contributed by atoms with Gasteiger partial charge in [0, 0.05) is 6.42 Å². The number of rotatable bonds is 8. The fourth-order valence-corrected chi connectivity index (χ4v) is 3.00. The molecule has 0 saturated heterocycles. The van der Waals surface area contributed by atoms with E-state index in [2.05, 4.69) is 15.0 Å². The van der Waals surface area contributed by atoms with Gasteiger partial charge in [0.2, 0.25) is 0 Å². The lowest BCUT2D eigenvalue weighted by molar-refractivity contribution is 0.552. The summed E-state index contributed by atoms with van der Waals surface area (Å²) < 4.78 is 23.2. The van der Waals surface area contributed by atoms with Crippen LogP contribution in [0.4, 0.5) is 0 Å². The van der Waals surface area contributed by atoms with Crippen molar-refractivity contribution in [1.29, 1.82) is 0 Å². The molecule has 1 aromatic rings. The molecule has 0 amide bonds. The highest BCUT2D eigenvalue weighted by Crippen LogP contribution is 2.18. The number of aromatic nitrogens is 3. The Bertz CT molecular complexity index is 481. The van der Waals surface area contributed by atoms with E-state index in [0.29, 0.717) is 5.75 Å². The van der Waals surface area contributed by atoms with Crippen molar-refractivity contribution in [2.75, 3.05) is 5.75 Å². The SMILES string of the molecule is CC(C)(C)S(=O)(=O)CCCCCCCc1ncncn1. The van der Waals surface area contributed by atoms with Gasteiger partial charge in [-0.05, 0) is 33.6 Å². The number of hydrogen-bond acceptors (Lipinski definition) is 5. The Kier molecular flexibility index (Phi) is 6.52. The van der Waals surface area contributed by atoms with Crippen LogP contribution in [0.25, 0.3) is 0 Å². The van der Waals surface area contributed by atoms with Crippen LogP contribution in [-0.2, 0) is 16.3 Å². The monoisotopic (exact) mass is 299 g/mol. The van der Waals surface area contributed by atoms with Crippen molar-refractivity contribution in [2.45, 2.75) is 64.0 Å². The van der Waals surface area contributed by atoms with Crippen LogP contribution >= 0.6 is 0 Å². The largest absolute Gasteiger partial charge is 0.228 e. The smallest absolute Gasteiger partial charge is 0.155 e. The molecule has 1 heterocycles. The summed E-state index contributed by atoms with van der Waals surface area (Å²) in [6, 6.07) is 0. The lowest BCUT2D eigenvalue weighted by atomic mass is 10.1. The van der Waals surface area contributed by atoms with Gasteiger partial charge < -0.3 is 0 Å². The third-order valence-corrected chi connectivity index (χ3v) is 5.99. The third-order valence-electron chi connectivity index (χ3n) is 3.29. The van der Waals surface area contributed by atoms with E-state index < -0.39 is 14.6 Å². The summed E-state index contributed by atoms with van der Waals surface area (Å²) in [5.41, 5.74) is 0. The minimum atomic E-state index is -2.96. The first kappa shape index (κ1) is 17.0. The molecule has 0 unspecified atom stereocenters. The molecule has 0 saturated carbocycles. The van der Waals surface area contributed by atoms with Crippen LogP contribution in [0.15, 0.2) is 12.7 Å². The molecule has 1 rings (SSSR count). The standard InChI is InChI=1S/C14H25N3O2S/c1-14(2,3)20(18,19)10-8-6-4-5-7-9-13-16-11-15-12-17-13/h11-12H,4-10H2,1-3H3. The number of hydrogen-bond donors (Lipinski definition) is 0. The molecule has 20 heavy (non-hydrogen) atoms. The Morgan fingerprint density at radius 1 is 0.950 bits per heavy atom. The molecule has 0 aliphatic heterocycles. The average Bonchev–Trinajstić information content (AvgIpc) is 2.37. The molecule has 5 nitrogen and oxygen atoms in total. The number of nitrogens with zero attached hydrogens (tertiary/aromatic N) is 3. The molecule has 0 fully saturated rings. The van der Waals surface area contributed by atoms with E-state index in [1.54, 1.807) is 20.8 Å². The van der Waals surface area contributed by atoms with Crippen LogP contribution in [0, 0.1) is 0 Å². The maximum absolute atomic E-state index is 11.9. The van der Waals surface area contributed by atoms with Crippen molar-refractivity contribution in [1.82, 2.24) is 15.0 Å². The van der Waals surface area contributed by atoms with Gasteiger partial charge in [0.1, 0.15) is 18.5 Å². The lowest BCUT2D eigenvalue weighted by Gasteiger charge is -2.18. The molecule has 1 aromatic heterocycles. The van der Waals surface area contributed by atoms with Crippen LogP contribution < -0.4 is 0 Å². The van der Waals surface area contributed by atoms with E-state index in [9.17, 15) is 8.42 Å². The average molecular weight is 299 g/mol. The Balaban J connectivity index is 2.09. The minimum absolute atomic E-state index is 0.296. The van der Waals surface area contributed by atoms with E-state index >= 15 is 0 Å². The van der Waals surface area contributed by atoms with Gasteiger partial charge in [0.25, 0.3) is 0 Å². The van der Waals surface area contributed by atoms with Gasteiger partial charge in [-0.1, -0.05) is 19.3 Å². The van der Waals surface area contributed by atoms with Gasteiger partial charge in [0.15, 0.2) is 9.84 Å². The van der Waals surface area contributed by atoms with Crippen LogP contribution in [0.3, 0.4) is 0 Å². The van der Waals surface area contributed by atoms with Crippen molar-refractivity contribution in [2.24, 2.45) is 0 Å². The second-order valence-corrected chi connectivity index (χ2v) is 8.87. The van der Waals surface area contributed by atoms with Crippen molar-refractivity contribution < 1.29 is 8.42 Å². The van der Waals surface area contributed by atoms with Crippen molar-refractivity contribution >= 4 is 9.84 Å². The number of sulfone groups is 1. The highest BCUT2D eigenvalue weighted by atomic mass is 32.2. The van der Waals surface area contributed by atoms with Gasteiger partial charge >= 0.3 is 0 Å². The summed E-state index contributed by atoms with van der Waals surface area (Å²) >= 11 is 0. The quantitative estimate of drug-likeness (QED) is 0.690. The summed E-state index contributed by atoms with van der Waals surface area (Å²) in [5, 5.41) is 0. The first-order valence-electron chi connectivity index (χ1n) is 7.16. The zero-order chi connectivity index (χ0) is 15.1. The van der Waals surface area contributed by atoms with Gasteiger partial charge in [-0.3, -0.25) is 0 Å². The van der Waals surface area contributed by atoms with Gasteiger partial charge in [-0.15, -0.1) is 0 Å². The Morgan fingerprint density at radius 3 is 2.10 bits per heavy atom.